The van der Waals surface area contributed by atoms with E-state index in [0.29, 0.717) is 6.04 Å². The Kier molecular flexibility index (Phi) is 6.91. The maximum atomic E-state index is 13.2. The highest BCUT2D eigenvalue weighted by Crippen LogP contribution is 2.46. The van der Waals surface area contributed by atoms with Crippen molar-refractivity contribution >= 4 is 11.6 Å². The predicted molar refractivity (Wildman–Crippen MR) is 131 cm³/mol. The Bertz CT molecular complexity index is 962. The fourth-order valence-electron chi connectivity index (χ4n) is 5.37. The molecule has 166 valence electrons. The van der Waals surface area contributed by atoms with E-state index in [1.807, 2.05) is 72.8 Å². The van der Waals surface area contributed by atoms with E-state index < -0.39 is 5.41 Å². The SMILES string of the molecule is NC(=O)C(c1ccccc1)(c1ccccc1)C1CCC(NCCCc2ccc(N)cc2)C1. The maximum Gasteiger partial charge on any atom is 0.232 e. The summed E-state index contributed by atoms with van der Waals surface area (Å²) in [6.45, 7) is 0.960. The second-order valence-corrected chi connectivity index (χ2v) is 8.91. The molecule has 1 saturated carbocycles. The molecule has 3 aromatic carbocycles. The number of aryl methyl sites for hydroxylation is 1. The molecule has 0 bridgehead atoms. The van der Waals surface area contributed by atoms with Gasteiger partial charge in [-0.2, -0.15) is 0 Å². The van der Waals surface area contributed by atoms with Gasteiger partial charge in [0.2, 0.25) is 5.91 Å². The van der Waals surface area contributed by atoms with Crippen LogP contribution in [-0.2, 0) is 16.6 Å². The minimum atomic E-state index is -0.803. The number of benzene rings is 3. The number of hydrogen-bond donors (Lipinski definition) is 3. The topological polar surface area (TPSA) is 81.1 Å². The fraction of sp³-hybridized carbons (Fsp3) is 0.321. The van der Waals surface area contributed by atoms with Gasteiger partial charge in [0.25, 0.3) is 0 Å². The molecule has 4 heteroatoms. The van der Waals surface area contributed by atoms with Crippen molar-refractivity contribution in [3.63, 3.8) is 0 Å². The molecule has 2 unspecified atom stereocenters. The lowest BCUT2D eigenvalue weighted by atomic mass is 9.64. The van der Waals surface area contributed by atoms with E-state index in [9.17, 15) is 4.79 Å². The van der Waals surface area contributed by atoms with Crippen LogP contribution in [0.15, 0.2) is 84.9 Å². The minimum Gasteiger partial charge on any atom is -0.399 e. The molecule has 1 fully saturated rings. The number of nitrogens with one attached hydrogen (secondary N) is 1. The van der Waals surface area contributed by atoms with E-state index in [1.54, 1.807) is 0 Å². The quantitative estimate of drug-likeness (QED) is 0.349. The van der Waals surface area contributed by atoms with Crippen molar-refractivity contribution < 1.29 is 4.79 Å². The molecule has 0 radical (unpaired) electrons. The minimum absolute atomic E-state index is 0.166. The van der Waals surface area contributed by atoms with Crippen LogP contribution in [-0.4, -0.2) is 18.5 Å². The van der Waals surface area contributed by atoms with Crippen LogP contribution in [0.4, 0.5) is 5.69 Å². The van der Waals surface area contributed by atoms with Gasteiger partial charge in [-0.15, -0.1) is 0 Å². The Labute approximate surface area is 191 Å². The molecule has 1 aliphatic rings. The molecule has 1 aliphatic carbocycles. The van der Waals surface area contributed by atoms with Crippen LogP contribution < -0.4 is 16.8 Å². The number of anilines is 1. The lowest BCUT2D eigenvalue weighted by Gasteiger charge is -2.37. The number of nitrogens with two attached hydrogens (primary N) is 2. The maximum absolute atomic E-state index is 13.2. The van der Waals surface area contributed by atoms with Gasteiger partial charge >= 0.3 is 0 Å². The highest BCUT2D eigenvalue weighted by molar-refractivity contribution is 5.91. The van der Waals surface area contributed by atoms with Crippen LogP contribution in [0.25, 0.3) is 0 Å². The Hall–Kier alpha value is -3.11. The number of carbonyl (C=O) groups is 1. The highest BCUT2D eigenvalue weighted by Gasteiger charge is 2.49. The fourth-order valence-corrected chi connectivity index (χ4v) is 5.37. The molecule has 4 nitrogen and oxygen atoms in total. The smallest absolute Gasteiger partial charge is 0.232 e. The summed E-state index contributed by atoms with van der Waals surface area (Å²) >= 11 is 0. The Balaban J connectivity index is 1.46. The second-order valence-electron chi connectivity index (χ2n) is 8.91. The molecule has 1 amide bonds. The molecule has 0 aliphatic heterocycles. The molecule has 5 N–H and O–H groups in total. The third kappa shape index (κ3) is 4.56. The van der Waals surface area contributed by atoms with Crippen molar-refractivity contribution in [3.8, 4) is 0 Å². The molecule has 0 aromatic heterocycles. The Morgan fingerprint density at radius 2 is 1.47 bits per heavy atom. The number of primary amides is 1. The number of nitrogen functional groups attached to an aromatic ring is 1. The van der Waals surface area contributed by atoms with Crippen molar-refractivity contribution in [2.45, 2.75) is 43.6 Å². The first-order valence-electron chi connectivity index (χ1n) is 11.6. The molecule has 0 heterocycles. The average Bonchev–Trinajstić information content (AvgIpc) is 3.29. The molecular weight excluding hydrogens is 394 g/mol. The number of carbonyl (C=O) groups excluding carboxylic acids is 1. The van der Waals surface area contributed by atoms with Crippen LogP contribution >= 0.6 is 0 Å². The predicted octanol–water partition coefficient (Wildman–Crippen LogP) is 4.43. The highest BCUT2D eigenvalue weighted by atomic mass is 16.1. The number of amides is 1. The molecule has 0 spiro atoms. The summed E-state index contributed by atoms with van der Waals surface area (Å²) in [7, 11) is 0. The third-order valence-electron chi connectivity index (χ3n) is 6.95. The molecule has 4 rings (SSSR count). The van der Waals surface area contributed by atoms with E-state index in [0.717, 1.165) is 55.5 Å². The summed E-state index contributed by atoms with van der Waals surface area (Å²) in [5, 5.41) is 3.73. The van der Waals surface area contributed by atoms with Crippen molar-refractivity contribution in [2.24, 2.45) is 11.7 Å². The molecule has 2 atom stereocenters. The van der Waals surface area contributed by atoms with E-state index >= 15 is 0 Å². The lowest BCUT2D eigenvalue weighted by molar-refractivity contribution is -0.123. The summed E-state index contributed by atoms with van der Waals surface area (Å²) in [5.74, 6) is -0.0942. The van der Waals surface area contributed by atoms with Gasteiger partial charge in [-0.25, -0.2) is 0 Å². The first-order valence-corrected chi connectivity index (χ1v) is 11.6. The van der Waals surface area contributed by atoms with E-state index in [2.05, 4.69) is 17.4 Å². The van der Waals surface area contributed by atoms with E-state index in [-0.39, 0.29) is 11.8 Å². The summed E-state index contributed by atoms with van der Waals surface area (Å²) < 4.78 is 0. The third-order valence-corrected chi connectivity index (χ3v) is 6.95. The zero-order valence-corrected chi connectivity index (χ0v) is 18.5. The van der Waals surface area contributed by atoms with Crippen molar-refractivity contribution in [2.75, 3.05) is 12.3 Å². The zero-order valence-electron chi connectivity index (χ0n) is 18.5. The van der Waals surface area contributed by atoms with Gasteiger partial charge in [-0.3, -0.25) is 4.79 Å². The van der Waals surface area contributed by atoms with Gasteiger partial charge in [0, 0.05) is 11.7 Å². The van der Waals surface area contributed by atoms with Gasteiger partial charge in [-0.1, -0.05) is 72.8 Å². The van der Waals surface area contributed by atoms with Crippen LogP contribution in [0, 0.1) is 5.92 Å². The van der Waals surface area contributed by atoms with Crippen LogP contribution in [0.3, 0.4) is 0 Å². The van der Waals surface area contributed by atoms with Gasteiger partial charge in [-0.05, 0) is 73.4 Å². The Morgan fingerprint density at radius 3 is 2.03 bits per heavy atom. The van der Waals surface area contributed by atoms with Crippen molar-refractivity contribution in [1.82, 2.24) is 5.32 Å². The van der Waals surface area contributed by atoms with Gasteiger partial charge < -0.3 is 16.8 Å². The van der Waals surface area contributed by atoms with E-state index in [4.69, 9.17) is 11.5 Å². The first kappa shape index (κ1) is 22.1. The van der Waals surface area contributed by atoms with Gasteiger partial charge in [0.05, 0.1) is 0 Å². The summed E-state index contributed by atoms with van der Waals surface area (Å²) in [4.78, 5) is 13.2. The summed E-state index contributed by atoms with van der Waals surface area (Å²) in [5.41, 5.74) is 15.3. The first-order chi connectivity index (χ1) is 15.6. The lowest BCUT2D eigenvalue weighted by Crippen LogP contribution is -2.48. The standard InChI is InChI=1S/C28H33N3O/c29-25-16-13-21(14-17-25)8-7-19-31-26-18-15-24(20-26)28(27(30)32,22-9-3-1-4-10-22)23-11-5-2-6-12-23/h1-6,9-14,16-17,24,26,31H,7-8,15,18-20,29H2,(H2,30,32). The normalized spacial score (nSPS) is 18.5. The molecule has 0 saturated heterocycles. The molecule has 3 aromatic rings. The van der Waals surface area contributed by atoms with Gasteiger partial charge in [0.1, 0.15) is 5.41 Å². The van der Waals surface area contributed by atoms with Crippen LogP contribution in [0.1, 0.15) is 42.4 Å². The van der Waals surface area contributed by atoms with Gasteiger partial charge in [0.15, 0.2) is 0 Å². The number of hydrogen-bond acceptors (Lipinski definition) is 3. The number of rotatable bonds is 9. The zero-order chi connectivity index (χ0) is 22.4. The molecule has 32 heavy (non-hydrogen) atoms. The largest absolute Gasteiger partial charge is 0.399 e. The van der Waals surface area contributed by atoms with Crippen LogP contribution in [0.5, 0.6) is 0 Å². The van der Waals surface area contributed by atoms with Crippen LogP contribution in [0.2, 0.25) is 0 Å². The second kappa shape index (κ2) is 10.0. The molecular formula is C28H33N3O. The monoisotopic (exact) mass is 427 g/mol. The summed E-state index contributed by atoms with van der Waals surface area (Å²) in [6.07, 6.45) is 5.07. The van der Waals surface area contributed by atoms with Crippen molar-refractivity contribution in [1.29, 1.82) is 0 Å². The van der Waals surface area contributed by atoms with E-state index in [1.165, 1.54) is 5.56 Å². The van der Waals surface area contributed by atoms with Crippen molar-refractivity contribution in [3.05, 3.63) is 102 Å². The average molecular weight is 428 g/mol. The summed E-state index contributed by atoms with van der Waals surface area (Å²) in [6, 6.07) is 28.7. The Morgan fingerprint density at radius 1 is 0.875 bits per heavy atom.